The van der Waals surface area contributed by atoms with Crippen LogP contribution in [0.3, 0.4) is 0 Å². The van der Waals surface area contributed by atoms with Gasteiger partial charge < -0.3 is 5.32 Å². The summed E-state index contributed by atoms with van der Waals surface area (Å²) in [4.78, 5) is 0. The van der Waals surface area contributed by atoms with E-state index < -0.39 is 0 Å². The summed E-state index contributed by atoms with van der Waals surface area (Å²) in [6, 6.07) is 6.30. The predicted octanol–water partition coefficient (Wildman–Crippen LogP) is 4.42. The third-order valence-electron chi connectivity index (χ3n) is 5.23. The van der Waals surface area contributed by atoms with Gasteiger partial charge in [0.15, 0.2) is 0 Å². The van der Waals surface area contributed by atoms with E-state index in [1.165, 1.54) is 5.56 Å². The minimum absolute atomic E-state index is 0.463. The maximum absolute atomic E-state index is 6.13. The molecule has 0 atom stereocenters. The molecule has 1 aromatic carbocycles. The van der Waals surface area contributed by atoms with Gasteiger partial charge in [-0.15, -0.1) is 0 Å². The van der Waals surface area contributed by atoms with Crippen LogP contribution in [-0.2, 0) is 6.54 Å². The molecule has 1 saturated carbocycles. The van der Waals surface area contributed by atoms with E-state index >= 15 is 0 Å². The van der Waals surface area contributed by atoms with Crippen LogP contribution in [0.5, 0.6) is 0 Å². The molecule has 0 unspecified atom stereocenters. The Bertz CT molecular complexity index is 434. The van der Waals surface area contributed by atoms with Crippen LogP contribution in [0.4, 0.5) is 0 Å². The van der Waals surface area contributed by atoms with Crippen LogP contribution < -0.4 is 5.32 Å². The van der Waals surface area contributed by atoms with E-state index in [9.17, 15) is 0 Å². The number of hydrogen-bond acceptors (Lipinski definition) is 1. The van der Waals surface area contributed by atoms with Crippen LogP contribution in [-0.4, -0.2) is 6.54 Å². The number of halogens is 1. The lowest BCUT2D eigenvalue weighted by Gasteiger charge is -2.07. The Morgan fingerprint density at radius 1 is 1.17 bits per heavy atom. The van der Waals surface area contributed by atoms with Gasteiger partial charge in [-0.05, 0) is 47.4 Å². The average Bonchev–Trinajstić information content (AvgIpc) is 2.65. The molecule has 0 heterocycles. The minimum Gasteiger partial charge on any atom is -0.312 e. The molecule has 0 bridgehead atoms. The van der Waals surface area contributed by atoms with Crippen molar-refractivity contribution in [1.29, 1.82) is 0 Å². The van der Waals surface area contributed by atoms with Crippen LogP contribution in [0.25, 0.3) is 0 Å². The molecule has 18 heavy (non-hydrogen) atoms. The first-order chi connectivity index (χ1) is 8.26. The minimum atomic E-state index is 0.463. The van der Waals surface area contributed by atoms with E-state index in [-0.39, 0.29) is 0 Å². The smallest absolute Gasteiger partial charge is 0.0438 e. The molecule has 0 aliphatic heterocycles. The molecule has 2 heteroatoms. The topological polar surface area (TPSA) is 12.0 Å². The molecule has 0 saturated heterocycles. The van der Waals surface area contributed by atoms with Crippen molar-refractivity contribution in [1.82, 2.24) is 5.32 Å². The molecule has 0 aromatic heterocycles. The summed E-state index contributed by atoms with van der Waals surface area (Å²) in [6.07, 6.45) is 0. The van der Waals surface area contributed by atoms with E-state index in [2.05, 4.69) is 51.2 Å². The van der Waals surface area contributed by atoms with Crippen molar-refractivity contribution in [3.05, 3.63) is 34.3 Å². The fraction of sp³-hybridized carbons (Fsp3) is 0.625. The second-order valence-corrected chi connectivity index (χ2v) is 7.12. The lowest BCUT2D eigenvalue weighted by atomic mass is 10.0. The zero-order chi connectivity index (χ0) is 13.6. The van der Waals surface area contributed by atoms with E-state index in [1.54, 1.807) is 0 Å². The summed E-state index contributed by atoms with van der Waals surface area (Å²) in [5, 5.41) is 4.43. The Morgan fingerprint density at radius 3 is 2.28 bits per heavy atom. The maximum Gasteiger partial charge on any atom is 0.0438 e. The van der Waals surface area contributed by atoms with Crippen LogP contribution in [0.15, 0.2) is 18.2 Å². The number of benzene rings is 1. The summed E-state index contributed by atoms with van der Waals surface area (Å²) in [5.41, 5.74) is 3.34. The molecule has 1 nitrogen and oxygen atoms in total. The molecular formula is C16H24ClN. The lowest BCUT2D eigenvalue weighted by molar-refractivity contribution is 0.457. The van der Waals surface area contributed by atoms with Crippen molar-refractivity contribution >= 4 is 11.6 Å². The molecule has 0 amide bonds. The van der Waals surface area contributed by atoms with Crippen molar-refractivity contribution in [2.75, 3.05) is 6.54 Å². The molecule has 2 rings (SSSR count). The van der Waals surface area contributed by atoms with Crippen LogP contribution in [0.1, 0.15) is 38.8 Å². The predicted molar refractivity (Wildman–Crippen MR) is 78.9 cm³/mol. The van der Waals surface area contributed by atoms with Gasteiger partial charge in [-0.1, -0.05) is 51.4 Å². The Labute approximate surface area is 116 Å². The maximum atomic E-state index is 6.13. The van der Waals surface area contributed by atoms with Gasteiger partial charge in [-0.2, -0.15) is 0 Å². The summed E-state index contributed by atoms with van der Waals surface area (Å²) in [7, 11) is 0. The molecular weight excluding hydrogens is 242 g/mol. The van der Waals surface area contributed by atoms with Crippen molar-refractivity contribution in [2.24, 2.45) is 16.7 Å². The van der Waals surface area contributed by atoms with Crippen molar-refractivity contribution in [3.8, 4) is 0 Å². The van der Waals surface area contributed by atoms with Crippen molar-refractivity contribution in [2.45, 2.75) is 41.2 Å². The summed E-state index contributed by atoms with van der Waals surface area (Å²) >= 11 is 6.13. The molecule has 100 valence electrons. The van der Waals surface area contributed by atoms with Gasteiger partial charge >= 0.3 is 0 Å². The summed E-state index contributed by atoms with van der Waals surface area (Å²) in [5.74, 6) is 0.769. The van der Waals surface area contributed by atoms with Gasteiger partial charge in [0.2, 0.25) is 0 Å². The van der Waals surface area contributed by atoms with Crippen LogP contribution in [0, 0.1) is 23.7 Å². The molecule has 1 aromatic rings. The second-order valence-electron chi connectivity index (χ2n) is 6.71. The fourth-order valence-corrected chi connectivity index (χ4v) is 3.15. The summed E-state index contributed by atoms with van der Waals surface area (Å²) in [6.45, 7) is 13.5. The number of nitrogens with one attached hydrogen (secondary N) is 1. The molecule has 1 aliphatic carbocycles. The third kappa shape index (κ3) is 2.31. The summed E-state index contributed by atoms with van der Waals surface area (Å²) < 4.78 is 0. The third-order valence-corrected chi connectivity index (χ3v) is 5.64. The SMILES string of the molecule is Cc1ccc(CNCC2C(C)(C)C2(C)C)cc1Cl. The standard InChI is InChI=1S/C16H24ClN/c1-11-6-7-12(8-13(11)17)9-18-10-14-15(2,3)16(14,4)5/h6-8,14,18H,9-10H2,1-5H3. The highest BCUT2D eigenvalue weighted by atomic mass is 35.5. The zero-order valence-electron chi connectivity index (χ0n) is 12.1. The highest BCUT2D eigenvalue weighted by molar-refractivity contribution is 6.31. The van der Waals surface area contributed by atoms with E-state index in [4.69, 9.17) is 11.6 Å². The average molecular weight is 266 g/mol. The largest absolute Gasteiger partial charge is 0.312 e. The first-order valence-corrected chi connectivity index (χ1v) is 7.10. The quantitative estimate of drug-likeness (QED) is 0.850. The van der Waals surface area contributed by atoms with Crippen molar-refractivity contribution in [3.63, 3.8) is 0 Å². The van der Waals surface area contributed by atoms with Crippen LogP contribution in [0.2, 0.25) is 5.02 Å². The molecule has 1 N–H and O–H groups in total. The Balaban J connectivity index is 1.85. The Morgan fingerprint density at radius 2 is 1.78 bits per heavy atom. The van der Waals surface area contributed by atoms with E-state index in [0.717, 1.165) is 29.6 Å². The highest BCUT2D eigenvalue weighted by Gasteiger charge is 2.63. The van der Waals surface area contributed by atoms with Gasteiger partial charge in [0.1, 0.15) is 0 Å². The van der Waals surface area contributed by atoms with Gasteiger partial charge in [0.25, 0.3) is 0 Å². The van der Waals surface area contributed by atoms with Gasteiger partial charge in [-0.25, -0.2) is 0 Å². The Kier molecular flexibility index (Phi) is 3.50. The first-order valence-electron chi connectivity index (χ1n) is 6.72. The first kappa shape index (κ1) is 13.9. The lowest BCUT2D eigenvalue weighted by Crippen LogP contribution is -2.18. The molecule has 1 aliphatic rings. The van der Waals surface area contributed by atoms with Crippen LogP contribution >= 0.6 is 11.6 Å². The van der Waals surface area contributed by atoms with E-state index in [1.807, 2.05) is 6.92 Å². The van der Waals surface area contributed by atoms with Gasteiger partial charge in [0, 0.05) is 11.6 Å². The Hall–Kier alpha value is -0.530. The highest BCUT2D eigenvalue weighted by Crippen LogP contribution is 2.67. The number of hydrogen-bond donors (Lipinski definition) is 1. The van der Waals surface area contributed by atoms with Crippen molar-refractivity contribution < 1.29 is 0 Å². The van der Waals surface area contributed by atoms with Gasteiger partial charge in [0.05, 0.1) is 0 Å². The monoisotopic (exact) mass is 265 g/mol. The fourth-order valence-electron chi connectivity index (χ4n) is 2.95. The van der Waals surface area contributed by atoms with E-state index in [0.29, 0.717) is 10.8 Å². The molecule has 0 radical (unpaired) electrons. The van der Waals surface area contributed by atoms with Gasteiger partial charge in [-0.3, -0.25) is 0 Å². The number of rotatable bonds is 4. The normalized spacial score (nSPS) is 21.0. The molecule has 0 spiro atoms. The molecule has 1 fully saturated rings. The zero-order valence-corrected chi connectivity index (χ0v) is 12.9. The second kappa shape index (κ2) is 4.54. The number of aryl methyl sites for hydroxylation is 1.